The van der Waals surface area contributed by atoms with Gasteiger partial charge in [0, 0.05) is 29.9 Å². The molecule has 0 radical (unpaired) electrons. The van der Waals surface area contributed by atoms with Crippen molar-refractivity contribution in [2.45, 2.75) is 36.3 Å². The van der Waals surface area contributed by atoms with Crippen LogP contribution in [0.5, 0.6) is 0 Å². The van der Waals surface area contributed by atoms with Gasteiger partial charge in [-0.15, -0.1) is 11.3 Å². The van der Waals surface area contributed by atoms with Crippen molar-refractivity contribution in [3.05, 3.63) is 73.4 Å². The van der Waals surface area contributed by atoms with Crippen molar-refractivity contribution in [3.8, 4) is 0 Å². The van der Waals surface area contributed by atoms with Crippen molar-refractivity contribution in [3.63, 3.8) is 0 Å². The van der Waals surface area contributed by atoms with E-state index < -0.39 is 20.9 Å². The molecule has 32 heavy (non-hydrogen) atoms. The summed E-state index contributed by atoms with van der Waals surface area (Å²) in [7, 11) is -3.56. The van der Waals surface area contributed by atoms with Crippen molar-refractivity contribution in [1.82, 2.24) is 4.98 Å². The standard InChI is InChI=1S/C22H20Cl3FN2O2S2/c1-13-8-21(19(25)11-18(13)24)32(29,30)16-4-6-28(7-5-16)22-27-15(12-31-22)9-14-2-3-17(23)20(26)10-14/h2-3,8,10-12,16H,4-7,9H2,1H3. The van der Waals surface area contributed by atoms with Gasteiger partial charge in [-0.05, 0) is 55.2 Å². The minimum Gasteiger partial charge on any atom is -0.348 e. The maximum atomic E-state index is 13.7. The van der Waals surface area contributed by atoms with Gasteiger partial charge in [0.1, 0.15) is 5.82 Å². The van der Waals surface area contributed by atoms with E-state index in [1.165, 1.54) is 23.5 Å². The summed E-state index contributed by atoms with van der Waals surface area (Å²) in [6.07, 6.45) is 1.47. The van der Waals surface area contributed by atoms with Crippen LogP contribution >= 0.6 is 46.1 Å². The highest BCUT2D eigenvalue weighted by Crippen LogP contribution is 2.34. The van der Waals surface area contributed by atoms with Crippen LogP contribution in [-0.4, -0.2) is 31.7 Å². The Hall–Kier alpha value is -1.38. The van der Waals surface area contributed by atoms with Gasteiger partial charge in [-0.2, -0.15) is 0 Å². The molecule has 3 aromatic rings. The summed E-state index contributed by atoms with van der Waals surface area (Å²) < 4.78 is 40.0. The number of aromatic nitrogens is 1. The second-order valence-corrected chi connectivity index (χ2v) is 12.1. The van der Waals surface area contributed by atoms with Gasteiger partial charge < -0.3 is 4.90 Å². The van der Waals surface area contributed by atoms with E-state index in [0.29, 0.717) is 42.9 Å². The van der Waals surface area contributed by atoms with Gasteiger partial charge in [0.15, 0.2) is 15.0 Å². The third kappa shape index (κ3) is 4.92. The summed E-state index contributed by atoms with van der Waals surface area (Å²) in [6, 6.07) is 7.79. The van der Waals surface area contributed by atoms with Crippen molar-refractivity contribution in [1.29, 1.82) is 0 Å². The van der Waals surface area contributed by atoms with Crippen molar-refractivity contribution < 1.29 is 12.8 Å². The van der Waals surface area contributed by atoms with Gasteiger partial charge in [-0.25, -0.2) is 17.8 Å². The molecule has 4 nitrogen and oxygen atoms in total. The number of thiazole rings is 1. The smallest absolute Gasteiger partial charge is 0.185 e. The average Bonchev–Trinajstić information content (AvgIpc) is 3.22. The Kier molecular flexibility index (Phi) is 7.03. The molecule has 0 saturated carbocycles. The molecule has 0 amide bonds. The van der Waals surface area contributed by atoms with E-state index in [-0.39, 0.29) is 14.9 Å². The Bertz CT molecular complexity index is 1260. The number of hydrogen-bond donors (Lipinski definition) is 0. The first-order chi connectivity index (χ1) is 15.1. The number of nitrogens with zero attached hydrogens (tertiary/aromatic N) is 2. The summed E-state index contributed by atoms with van der Waals surface area (Å²) in [5.74, 6) is -0.445. The molecule has 1 aliphatic heterocycles. The molecule has 1 fully saturated rings. The SMILES string of the molecule is Cc1cc(S(=O)(=O)C2CCN(c3nc(Cc4ccc(Cl)c(F)c4)cs3)CC2)c(Cl)cc1Cl. The fourth-order valence-electron chi connectivity index (χ4n) is 3.77. The molecule has 170 valence electrons. The zero-order valence-corrected chi connectivity index (χ0v) is 21.0. The van der Waals surface area contributed by atoms with Gasteiger partial charge in [0.2, 0.25) is 0 Å². The fraction of sp³-hybridized carbons (Fsp3) is 0.318. The minimum atomic E-state index is -3.56. The largest absolute Gasteiger partial charge is 0.348 e. The molecular weight excluding hydrogens is 514 g/mol. The van der Waals surface area contributed by atoms with E-state index in [0.717, 1.165) is 16.4 Å². The number of aryl methyl sites for hydroxylation is 1. The first kappa shape index (κ1) is 23.8. The normalized spacial score (nSPS) is 15.3. The summed E-state index contributed by atoms with van der Waals surface area (Å²) in [5, 5.41) is 2.98. The van der Waals surface area contributed by atoms with Crippen molar-refractivity contribution in [2.24, 2.45) is 0 Å². The van der Waals surface area contributed by atoms with Crippen LogP contribution in [-0.2, 0) is 16.3 Å². The zero-order valence-electron chi connectivity index (χ0n) is 17.1. The second-order valence-electron chi connectivity index (χ2n) is 7.81. The lowest BCUT2D eigenvalue weighted by molar-refractivity contribution is 0.529. The monoisotopic (exact) mass is 532 g/mol. The lowest BCUT2D eigenvalue weighted by atomic mass is 10.1. The Labute approximate surface area is 205 Å². The number of rotatable bonds is 5. The van der Waals surface area contributed by atoms with Crippen molar-refractivity contribution >= 4 is 61.1 Å². The molecule has 0 spiro atoms. The van der Waals surface area contributed by atoms with Gasteiger partial charge in [0.25, 0.3) is 0 Å². The fourth-order valence-corrected chi connectivity index (χ4v) is 7.33. The summed E-state index contributed by atoms with van der Waals surface area (Å²) in [5.41, 5.74) is 2.32. The molecule has 0 aliphatic carbocycles. The highest BCUT2D eigenvalue weighted by atomic mass is 35.5. The first-order valence-electron chi connectivity index (χ1n) is 9.98. The Morgan fingerprint density at radius 1 is 1.09 bits per heavy atom. The van der Waals surface area contributed by atoms with Crippen LogP contribution in [0, 0.1) is 12.7 Å². The van der Waals surface area contributed by atoms with Gasteiger partial charge in [0.05, 0.1) is 25.9 Å². The predicted octanol–water partition coefficient (Wildman–Crippen LogP) is 6.58. The maximum Gasteiger partial charge on any atom is 0.185 e. The summed E-state index contributed by atoms with van der Waals surface area (Å²) in [4.78, 5) is 6.91. The molecule has 1 aromatic heterocycles. The topological polar surface area (TPSA) is 50.3 Å². The molecule has 2 heterocycles. The van der Waals surface area contributed by atoms with Crippen LogP contribution in [0.2, 0.25) is 15.1 Å². The van der Waals surface area contributed by atoms with Crippen LogP contribution in [0.15, 0.2) is 40.6 Å². The van der Waals surface area contributed by atoms with Crippen LogP contribution < -0.4 is 4.90 Å². The third-order valence-corrected chi connectivity index (χ3v) is 9.97. The number of piperidine rings is 1. The van der Waals surface area contributed by atoms with Gasteiger partial charge >= 0.3 is 0 Å². The average molecular weight is 534 g/mol. The van der Waals surface area contributed by atoms with Crippen LogP contribution in [0.4, 0.5) is 9.52 Å². The quantitative estimate of drug-likeness (QED) is 0.371. The molecule has 0 N–H and O–H groups in total. The van der Waals surface area contributed by atoms with Gasteiger partial charge in [-0.1, -0.05) is 40.9 Å². The lowest BCUT2D eigenvalue weighted by Gasteiger charge is -2.31. The van der Waals surface area contributed by atoms with E-state index in [2.05, 4.69) is 9.88 Å². The number of sulfone groups is 1. The minimum absolute atomic E-state index is 0.0978. The highest BCUT2D eigenvalue weighted by molar-refractivity contribution is 7.92. The molecule has 0 atom stereocenters. The second kappa shape index (κ2) is 9.47. The molecule has 4 rings (SSSR count). The molecule has 1 aliphatic rings. The highest BCUT2D eigenvalue weighted by Gasteiger charge is 2.33. The van der Waals surface area contributed by atoms with E-state index in [1.54, 1.807) is 25.1 Å². The van der Waals surface area contributed by atoms with E-state index in [1.807, 2.05) is 5.38 Å². The molecule has 0 unspecified atom stereocenters. The summed E-state index contributed by atoms with van der Waals surface area (Å²) >= 11 is 19.5. The van der Waals surface area contributed by atoms with E-state index in [4.69, 9.17) is 34.8 Å². The Balaban J connectivity index is 1.43. The molecule has 0 bridgehead atoms. The Morgan fingerprint density at radius 3 is 2.50 bits per heavy atom. The molecule has 1 saturated heterocycles. The van der Waals surface area contributed by atoms with E-state index >= 15 is 0 Å². The van der Waals surface area contributed by atoms with Crippen LogP contribution in [0.1, 0.15) is 29.7 Å². The first-order valence-corrected chi connectivity index (χ1v) is 13.5. The molecule has 2 aromatic carbocycles. The molecular formula is C22H20Cl3FN2O2S2. The number of hydrogen-bond acceptors (Lipinski definition) is 5. The zero-order chi connectivity index (χ0) is 23.0. The number of anilines is 1. The predicted molar refractivity (Wildman–Crippen MR) is 130 cm³/mol. The van der Waals surface area contributed by atoms with Gasteiger partial charge in [-0.3, -0.25) is 0 Å². The maximum absolute atomic E-state index is 13.7. The number of halogens is 4. The number of benzene rings is 2. The lowest BCUT2D eigenvalue weighted by Crippen LogP contribution is -2.39. The Morgan fingerprint density at radius 2 is 1.81 bits per heavy atom. The van der Waals surface area contributed by atoms with Crippen LogP contribution in [0.25, 0.3) is 0 Å². The third-order valence-electron chi connectivity index (χ3n) is 5.58. The summed E-state index contributed by atoms with van der Waals surface area (Å²) in [6.45, 7) is 2.92. The van der Waals surface area contributed by atoms with E-state index in [9.17, 15) is 12.8 Å². The van der Waals surface area contributed by atoms with Crippen LogP contribution in [0.3, 0.4) is 0 Å². The van der Waals surface area contributed by atoms with Crippen molar-refractivity contribution in [2.75, 3.05) is 18.0 Å². The molecule has 10 heteroatoms.